The molecule has 1 rings (SSSR count). The smallest absolute Gasteiger partial charge is 0.129 e. The lowest BCUT2D eigenvalue weighted by atomic mass is 10.1. The first kappa shape index (κ1) is 14.0. The van der Waals surface area contributed by atoms with E-state index in [2.05, 4.69) is 37.9 Å². The predicted octanol–water partition coefficient (Wildman–Crippen LogP) is 3.17. The largest absolute Gasteiger partial charge is 0.372 e. The summed E-state index contributed by atoms with van der Waals surface area (Å²) < 4.78 is 13.9. The quantitative estimate of drug-likeness (QED) is 0.819. The second-order valence-corrected chi connectivity index (χ2v) is 4.45. The van der Waals surface area contributed by atoms with Crippen LogP contribution in [0.2, 0.25) is 0 Å². The van der Waals surface area contributed by atoms with Crippen molar-refractivity contribution in [2.24, 2.45) is 0 Å². The van der Waals surface area contributed by atoms with Crippen molar-refractivity contribution in [3.63, 3.8) is 0 Å². The Morgan fingerprint density at radius 1 is 1.24 bits per heavy atom. The van der Waals surface area contributed by atoms with Gasteiger partial charge in [0, 0.05) is 36.9 Å². The van der Waals surface area contributed by atoms with Crippen LogP contribution in [-0.4, -0.2) is 19.1 Å². The maximum absolute atomic E-state index is 13.9. The van der Waals surface area contributed by atoms with Crippen molar-refractivity contribution in [2.75, 3.05) is 18.0 Å². The first-order valence-corrected chi connectivity index (χ1v) is 6.35. The Bertz CT molecular complexity index is 346. The lowest BCUT2D eigenvalue weighted by molar-refractivity contribution is 0.552. The summed E-state index contributed by atoms with van der Waals surface area (Å²) in [5, 5.41) is 3.28. The summed E-state index contributed by atoms with van der Waals surface area (Å²) in [5.74, 6) is -0.123. The molecule has 0 aliphatic heterocycles. The molecular formula is C14H23FN2. The third-order valence-corrected chi connectivity index (χ3v) is 2.89. The Hall–Kier alpha value is -1.09. The van der Waals surface area contributed by atoms with Crippen LogP contribution in [0.25, 0.3) is 0 Å². The van der Waals surface area contributed by atoms with Crippen LogP contribution in [0.4, 0.5) is 10.1 Å². The summed E-state index contributed by atoms with van der Waals surface area (Å²) in [6, 6.07) is 5.67. The highest BCUT2D eigenvalue weighted by atomic mass is 19.1. The van der Waals surface area contributed by atoms with Crippen molar-refractivity contribution in [1.82, 2.24) is 5.32 Å². The first-order chi connectivity index (χ1) is 8.10. The molecule has 0 unspecified atom stereocenters. The van der Waals surface area contributed by atoms with Crippen molar-refractivity contribution < 1.29 is 4.39 Å². The molecule has 0 radical (unpaired) electrons. The van der Waals surface area contributed by atoms with E-state index < -0.39 is 0 Å². The summed E-state index contributed by atoms with van der Waals surface area (Å²) in [6.07, 6.45) is 0. The molecule has 1 N–H and O–H groups in total. The molecule has 0 aromatic heterocycles. The van der Waals surface area contributed by atoms with E-state index in [1.807, 2.05) is 6.07 Å². The zero-order chi connectivity index (χ0) is 12.8. The van der Waals surface area contributed by atoms with Gasteiger partial charge in [0.25, 0.3) is 0 Å². The van der Waals surface area contributed by atoms with Gasteiger partial charge in [-0.3, -0.25) is 0 Å². The van der Waals surface area contributed by atoms with Gasteiger partial charge in [-0.15, -0.1) is 0 Å². The standard InChI is InChI=1S/C14H23FN2/c1-5-17(6-2)14-9-7-8-13(15)12(14)10-16-11(3)4/h7-9,11,16H,5-6,10H2,1-4H3. The van der Waals surface area contributed by atoms with Gasteiger partial charge in [0.05, 0.1) is 0 Å². The van der Waals surface area contributed by atoms with E-state index in [1.165, 1.54) is 6.07 Å². The molecule has 0 saturated heterocycles. The Morgan fingerprint density at radius 2 is 1.88 bits per heavy atom. The van der Waals surface area contributed by atoms with Crippen LogP contribution in [0.3, 0.4) is 0 Å². The molecule has 0 spiro atoms. The van der Waals surface area contributed by atoms with Crippen molar-refractivity contribution in [2.45, 2.75) is 40.3 Å². The molecule has 1 aromatic carbocycles. The molecule has 3 heteroatoms. The van der Waals surface area contributed by atoms with Gasteiger partial charge in [-0.25, -0.2) is 4.39 Å². The monoisotopic (exact) mass is 238 g/mol. The lowest BCUT2D eigenvalue weighted by Gasteiger charge is -2.25. The fourth-order valence-corrected chi connectivity index (χ4v) is 1.89. The molecule has 0 aliphatic rings. The molecule has 17 heavy (non-hydrogen) atoms. The number of rotatable bonds is 6. The topological polar surface area (TPSA) is 15.3 Å². The van der Waals surface area contributed by atoms with Gasteiger partial charge in [0.1, 0.15) is 5.82 Å². The van der Waals surface area contributed by atoms with Gasteiger partial charge >= 0.3 is 0 Å². The number of hydrogen-bond donors (Lipinski definition) is 1. The van der Waals surface area contributed by atoms with Crippen molar-refractivity contribution in [3.8, 4) is 0 Å². The number of anilines is 1. The zero-order valence-corrected chi connectivity index (χ0v) is 11.3. The third-order valence-electron chi connectivity index (χ3n) is 2.89. The minimum absolute atomic E-state index is 0.123. The Morgan fingerprint density at radius 3 is 2.41 bits per heavy atom. The minimum Gasteiger partial charge on any atom is -0.372 e. The molecule has 0 bridgehead atoms. The van der Waals surface area contributed by atoms with Crippen LogP contribution in [0.15, 0.2) is 18.2 Å². The fourth-order valence-electron chi connectivity index (χ4n) is 1.89. The molecule has 0 fully saturated rings. The molecule has 0 saturated carbocycles. The van der Waals surface area contributed by atoms with E-state index in [-0.39, 0.29) is 5.82 Å². The first-order valence-electron chi connectivity index (χ1n) is 6.35. The summed E-state index contributed by atoms with van der Waals surface area (Å²) in [6.45, 7) is 10.7. The van der Waals surface area contributed by atoms with Crippen LogP contribution < -0.4 is 10.2 Å². The number of nitrogens with one attached hydrogen (secondary N) is 1. The van der Waals surface area contributed by atoms with Gasteiger partial charge < -0.3 is 10.2 Å². The number of halogens is 1. The summed E-state index contributed by atoms with van der Waals surface area (Å²) in [4.78, 5) is 2.18. The van der Waals surface area contributed by atoms with Gasteiger partial charge in [-0.1, -0.05) is 19.9 Å². The third kappa shape index (κ3) is 3.70. The van der Waals surface area contributed by atoms with E-state index in [9.17, 15) is 4.39 Å². The molecule has 2 nitrogen and oxygen atoms in total. The van der Waals surface area contributed by atoms with E-state index in [1.54, 1.807) is 6.07 Å². The second kappa shape index (κ2) is 6.60. The molecule has 0 amide bonds. The highest BCUT2D eigenvalue weighted by molar-refractivity contribution is 5.54. The highest BCUT2D eigenvalue weighted by Gasteiger charge is 2.12. The zero-order valence-electron chi connectivity index (χ0n) is 11.3. The SMILES string of the molecule is CCN(CC)c1cccc(F)c1CNC(C)C. The normalized spacial score (nSPS) is 10.9. The summed E-state index contributed by atoms with van der Waals surface area (Å²) in [7, 11) is 0. The van der Waals surface area contributed by atoms with Gasteiger partial charge in [-0.2, -0.15) is 0 Å². The molecule has 96 valence electrons. The Labute approximate surface area is 104 Å². The minimum atomic E-state index is -0.123. The second-order valence-electron chi connectivity index (χ2n) is 4.45. The molecule has 0 heterocycles. The van der Waals surface area contributed by atoms with Gasteiger partial charge in [0.2, 0.25) is 0 Å². The Balaban J connectivity index is 2.98. The molecule has 1 aromatic rings. The van der Waals surface area contributed by atoms with Crippen LogP contribution in [-0.2, 0) is 6.54 Å². The van der Waals surface area contributed by atoms with E-state index >= 15 is 0 Å². The molecule has 0 aliphatic carbocycles. The molecule has 0 atom stereocenters. The van der Waals surface area contributed by atoms with E-state index in [0.29, 0.717) is 12.6 Å². The van der Waals surface area contributed by atoms with Gasteiger partial charge in [0.15, 0.2) is 0 Å². The molecular weight excluding hydrogens is 215 g/mol. The summed E-state index contributed by atoms with van der Waals surface area (Å²) >= 11 is 0. The number of benzene rings is 1. The lowest BCUT2D eigenvalue weighted by Crippen LogP contribution is -2.27. The summed E-state index contributed by atoms with van der Waals surface area (Å²) in [5.41, 5.74) is 1.77. The number of nitrogens with zero attached hydrogens (tertiary/aromatic N) is 1. The average Bonchev–Trinajstić information content (AvgIpc) is 2.29. The van der Waals surface area contributed by atoms with E-state index in [0.717, 1.165) is 24.3 Å². The predicted molar refractivity (Wildman–Crippen MR) is 71.9 cm³/mol. The van der Waals surface area contributed by atoms with Crippen LogP contribution in [0, 0.1) is 5.82 Å². The van der Waals surface area contributed by atoms with Crippen LogP contribution in [0.1, 0.15) is 33.3 Å². The van der Waals surface area contributed by atoms with Gasteiger partial charge in [-0.05, 0) is 26.0 Å². The number of hydrogen-bond acceptors (Lipinski definition) is 2. The average molecular weight is 238 g/mol. The van der Waals surface area contributed by atoms with Crippen molar-refractivity contribution in [1.29, 1.82) is 0 Å². The van der Waals surface area contributed by atoms with Crippen LogP contribution in [0.5, 0.6) is 0 Å². The fraction of sp³-hybridized carbons (Fsp3) is 0.571. The van der Waals surface area contributed by atoms with Crippen LogP contribution >= 0.6 is 0 Å². The van der Waals surface area contributed by atoms with Crippen molar-refractivity contribution in [3.05, 3.63) is 29.6 Å². The van der Waals surface area contributed by atoms with E-state index in [4.69, 9.17) is 0 Å². The maximum atomic E-state index is 13.9. The Kier molecular flexibility index (Phi) is 5.42. The highest BCUT2D eigenvalue weighted by Crippen LogP contribution is 2.23. The van der Waals surface area contributed by atoms with Crippen molar-refractivity contribution >= 4 is 5.69 Å². The maximum Gasteiger partial charge on any atom is 0.129 e.